The largest absolute Gasteiger partial charge is 0.507 e. The Kier molecular flexibility index (Phi) is 4.98. The molecule has 3 rings (SSSR count). The molecule has 27 heavy (non-hydrogen) atoms. The van der Waals surface area contributed by atoms with Gasteiger partial charge in [-0.3, -0.25) is 4.79 Å². The first-order valence-electron chi connectivity index (χ1n) is 8.59. The molecule has 1 heterocycles. The number of phenolic OH excluding ortho intramolecular Hbond substituents is 1. The fourth-order valence-corrected chi connectivity index (χ4v) is 3.38. The average Bonchev–Trinajstić information content (AvgIpc) is 2.60. The molecule has 0 saturated carbocycles. The second-order valence-electron chi connectivity index (χ2n) is 7.15. The highest BCUT2D eigenvalue weighted by molar-refractivity contribution is 6.33. The van der Waals surface area contributed by atoms with Crippen LogP contribution >= 0.6 is 11.6 Å². The second-order valence-corrected chi connectivity index (χ2v) is 7.55. The SMILES string of the molecule is CC1=CC(C)(C)N(C)c2cc(Cl)c(/C=N/NC(=O)c3ccccc3O)cc21. The van der Waals surface area contributed by atoms with E-state index in [1.165, 1.54) is 18.3 Å². The van der Waals surface area contributed by atoms with Gasteiger partial charge in [0.1, 0.15) is 5.75 Å². The number of para-hydroxylation sites is 1. The molecule has 0 fully saturated rings. The van der Waals surface area contributed by atoms with Crippen LogP contribution in [-0.4, -0.2) is 29.8 Å². The zero-order valence-electron chi connectivity index (χ0n) is 15.7. The van der Waals surface area contributed by atoms with Gasteiger partial charge in [-0.2, -0.15) is 5.10 Å². The number of hydrazone groups is 1. The van der Waals surface area contributed by atoms with Crippen molar-refractivity contribution in [3.63, 3.8) is 0 Å². The Labute approximate surface area is 164 Å². The Hall–Kier alpha value is -2.79. The standard InChI is InChI=1S/C21H22ClN3O2/c1-13-11-21(2,3)25(4)18-10-17(22)14(9-16(13)18)12-23-24-20(27)15-7-5-6-8-19(15)26/h5-12,26H,1-4H3,(H,24,27)/b23-12+. The summed E-state index contributed by atoms with van der Waals surface area (Å²) in [6, 6.07) is 10.2. The Bertz CT molecular complexity index is 964. The highest BCUT2D eigenvalue weighted by Gasteiger charge is 2.29. The normalized spacial score (nSPS) is 15.4. The third-order valence-corrected chi connectivity index (χ3v) is 5.18. The number of rotatable bonds is 3. The molecule has 0 aliphatic carbocycles. The lowest BCUT2D eigenvalue weighted by molar-refractivity contribution is 0.0952. The molecular weight excluding hydrogens is 362 g/mol. The number of allylic oxidation sites excluding steroid dienone is 1. The van der Waals surface area contributed by atoms with Crippen molar-refractivity contribution in [2.75, 3.05) is 11.9 Å². The summed E-state index contributed by atoms with van der Waals surface area (Å²) in [6.45, 7) is 6.37. The number of fused-ring (bicyclic) bond motifs is 1. The Morgan fingerprint density at radius 2 is 2.00 bits per heavy atom. The summed E-state index contributed by atoms with van der Waals surface area (Å²) in [6.07, 6.45) is 3.72. The number of phenols is 1. The zero-order chi connectivity index (χ0) is 19.8. The lowest BCUT2D eigenvalue weighted by atomic mass is 9.88. The Morgan fingerprint density at radius 1 is 1.30 bits per heavy atom. The maximum Gasteiger partial charge on any atom is 0.275 e. The van der Waals surface area contributed by atoms with Gasteiger partial charge in [-0.15, -0.1) is 0 Å². The molecule has 0 unspecified atom stereocenters. The van der Waals surface area contributed by atoms with E-state index >= 15 is 0 Å². The van der Waals surface area contributed by atoms with Gasteiger partial charge in [-0.05, 0) is 50.6 Å². The maximum absolute atomic E-state index is 12.1. The van der Waals surface area contributed by atoms with Gasteiger partial charge in [-0.1, -0.05) is 29.8 Å². The number of nitrogens with one attached hydrogen (secondary N) is 1. The third-order valence-electron chi connectivity index (χ3n) is 4.85. The first-order valence-corrected chi connectivity index (χ1v) is 8.97. The van der Waals surface area contributed by atoms with Crippen LogP contribution in [0.1, 0.15) is 42.3 Å². The van der Waals surface area contributed by atoms with Crippen LogP contribution in [-0.2, 0) is 0 Å². The number of hydrogen-bond donors (Lipinski definition) is 2. The molecule has 2 N–H and O–H groups in total. The fourth-order valence-electron chi connectivity index (χ4n) is 3.17. The zero-order valence-corrected chi connectivity index (χ0v) is 16.5. The smallest absolute Gasteiger partial charge is 0.275 e. The molecule has 5 nitrogen and oxygen atoms in total. The van der Waals surface area contributed by atoms with Crippen LogP contribution in [0.2, 0.25) is 5.02 Å². The lowest BCUT2D eigenvalue weighted by Gasteiger charge is -2.40. The van der Waals surface area contributed by atoms with Crippen molar-refractivity contribution in [3.05, 3.63) is 64.2 Å². The molecule has 0 bridgehead atoms. The summed E-state index contributed by atoms with van der Waals surface area (Å²) >= 11 is 6.43. The van der Waals surface area contributed by atoms with Gasteiger partial charge in [0.2, 0.25) is 0 Å². The number of likely N-dealkylation sites (N-methyl/N-ethyl adjacent to an activating group) is 1. The number of halogens is 1. The van der Waals surface area contributed by atoms with Gasteiger partial charge in [0, 0.05) is 23.9 Å². The van der Waals surface area contributed by atoms with Crippen molar-refractivity contribution >= 4 is 35.0 Å². The minimum absolute atomic E-state index is 0.0940. The van der Waals surface area contributed by atoms with Crippen molar-refractivity contribution in [1.82, 2.24) is 5.43 Å². The highest BCUT2D eigenvalue weighted by atomic mass is 35.5. The van der Waals surface area contributed by atoms with Crippen LogP contribution in [0, 0.1) is 0 Å². The van der Waals surface area contributed by atoms with Crippen molar-refractivity contribution in [3.8, 4) is 5.75 Å². The summed E-state index contributed by atoms with van der Waals surface area (Å²) in [4.78, 5) is 14.3. The van der Waals surface area contributed by atoms with Gasteiger partial charge in [0.05, 0.1) is 22.3 Å². The van der Waals surface area contributed by atoms with Crippen LogP contribution in [0.25, 0.3) is 5.57 Å². The van der Waals surface area contributed by atoms with Gasteiger partial charge in [0.25, 0.3) is 5.91 Å². The first-order chi connectivity index (χ1) is 12.7. The number of benzene rings is 2. The average molecular weight is 384 g/mol. The van der Waals surface area contributed by atoms with Crippen molar-refractivity contribution in [2.45, 2.75) is 26.3 Å². The number of aromatic hydroxyl groups is 1. The van der Waals surface area contributed by atoms with E-state index in [-0.39, 0.29) is 16.9 Å². The molecule has 2 aromatic rings. The summed E-state index contributed by atoms with van der Waals surface area (Å²) < 4.78 is 0. The summed E-state index contributed by atoms with van der Waals surface area (Å²) in [5, 5.41) is 14.3. The molecule has 2 aromatic carbocycles. The molecule has 0 radical (unpaired) electrons. The van der Waals surface area contributed by atoms with Crippen LogP contribution in [0.15, 0.2) is 47.6 Å². The molecule has 140 valence electrons. The van der Waals surface area contributed by atoms with E-state index in [1.54, 1.807) is 12.1 Å². The number of carbonyl (C=O) groups excluding carboxylic acids is 1. The molecule has 0 aromatic heterocycles. The minimum atomic E-state index is -0.490. The number of hydrogen-bond acceptors (Lipinski definition) is 4. The number of nitrogens with zero attached hydrogens (tertiary/aromatic N) is 2. The van der Waals surface area contributed by atoms with Crippen molar-refractivity contribution < 1.29 is 9.90 Å². The molecule has 0 saturated heterocycles. The van der Waals surface area contributed by atoms with E-state index in [4.69, 9.17) is 11.6 Å². The molecular formula is C21H22ClN3O2. The van der Waals surface area contributed by atoms with E-state index in [2.05, 4.69) is 42.3 Å². The predicted molar refractivity (Wildman–Crippen MR) is 111 cm³/mol. The van der Waals surface area contributed by atoms with E-state index in [9.17, 15) is 9.90 Å². The lowest BCUT2D eigenvalue weighted by Crippen LogP contribution is -2.42. The molecule has 1 aliphatic heterocycles. The van der Waals surface area contributed by atoms with Crippen LogP contribution in [0.4, 0.5) is 5.69 Å². The Balaban J connectivity index is 1.85. The van der Waals surface area contributed by atoms with Gasteiger partial charge >= 0.3 is 0 Å². The molecule has 6 heteroatoms. The van der Waals surface area contributed by atoms with E-state index < -0.39 is 5.91 Å². The van der Waals surface area contributed by atoms with Gasteiger partial charge < -0.3 is 10.0 Å². The summed E-state index contributed by atoms with van der Waals surface area (Å²) in [7, 11) is 2.04. The first kappa shape index (κ1) is 19.0. The third kappa shape index (κ3) is 3.69. The van der Waals surface area contributed by atoms with Gasteiger partial charge in [-0.25, -0.2) is 5.43 Å². The summed E-state index contributed by atoms with van der Waals surface area (Å²) in [5.41, 5.74) is 6.48. The topological polar surface area (TPSA) is 64.9 Å². The monoisotopic (exact) mass is 383 g/mol. The number of amides is 1. The van der Waals surface area contributed by atoms with Crippen LogP contribution < -0.4 is 10.3 Å². The summed E-state index contributed by atoms with van der Waals surface area (Å²) in [5.74, 6) is -0.584. The fraction of sp³-hybridized carbons (Fsp3) is 0.238. The second kappa shape index (κ2) is 7.08. The van der Waals surface area contributed by atoms with E-state index in [0.29, 0.717) is 10.6 Å². The van der Waals surface area contributed by atoms with E-state index in [0.717, 1.165) is 16.8 Å². The Morgan fingerprint density at radius 3 is 2.70 bits per heavy atom. The highest BCUT2D eigenvalue weighted by Crippen LogP contribution is 2.40. The van der Waals surface area contributed by atoms with Crippen molar-refractivity contribution in [1.29, 1.82) is 0 Å². The number of anilines is 1. The molecule has 0 spiro atoms. The maximum atomic E-state index is 12.1. The minimum Gasteiger partial charge on any atom is -0.507 e. The molecule has 0 atom stereocenters. The van der Waals surface area contributed by atoms with Gasteiger partial charge in [0.15, 0.2) is 0 Å². The van der Waals surface area contributed by atoms with Crippen molar-refractivity contribution in [2.24, 2.45) is 5.10 Å². The molecule has 1 aliphatic rings. The molecule has 1 amide bonds. The number of carbonyl (C=O) groups is 1. The predicted octanol–water partition coefficient (Wildman–Crippen LogP) is 4.44. The van der Waals surface area contributed by atoms with Crippen LogP contribution in [0.5, 0.6) is 5.75 Å². The van der Waals surface area contributed by atoms with E-state index in [1.807, 2.05) is 19.2 Å². The quantitative estimate of drug-likeness (QED) is 0.608. The van der Waals surface area contributed by atoms with Crippen LogP contribution in [0.3, 0.4) is 0 Å².